The van der Waals surface area contributed by atoms with Crippen LogP contribution in [0.1, 0.15) is 17.2 Å². The van der Waals surface area contributed by atoms with Crippen molar-refractivity contribution in [2.24, 2.45) is 0 Å². The Morgan fingerprint density at radius 2 is 2.04 bits per heavy atom. The lowest BCUT2D eigenvalue weighted by Gasteiger charge is -2.11. The Kier molecular flexibility index (Phi) is 4.90. The molecule has 0 saturated carbocycles. The highest BCUT2D eigenvalue weighted by atomic mass is 35.7. The van der Waals surface area contributed by atoms with E-state index in [1.165, 1.54) is 6.20 Å². The molecule has 24 heavy (non-hydrogen) atoms. The molecule has 2 rings (SSSR count). The maximum Gasteiger partial charge on any atom is 0.471 e. The molecule has 2 aromatic rings. The van der Waals surface area contributed by atoms with Crippen LogP contribution in [0.15, 0.2) is 33.7 Å². The Balaban J connectivity index is 2.40. The van der Waals surface area contributed by atoms with Crippen LogP contribution in [0, 0.1) is 6.92 Å². The van der Waals surface area contributed by atoms with Crippen molar-refractivity contribution in [2.75, 3.05) is 5.32 Å². The van der Waals surface area contributed by atoms with Gasteiger partial charge in [-0.1, -0.05) is 0 Å². The van der Waals surface area contributed by atoms with Crippen LogP contribution < -0.4 is 5.32 Å². The number of benzene rings is 1. The van der Waals surface area contributed by atoms with E-state index in [4.69, 9.17) is 15.1 Å². The molecule has 0 unspecified atom stereocenters. The minimum atomic E-state index is -5.07. The largest absolute Gasteiger partial charge is 0.471 e. The van der Waals surface area contributed by atoms with Gasteiger partial charge in [0.2, 0.25) is 0 Å². The van der Waals surface area contributed by atoms with Crippen molar-refractivity contribution in [3.8, 4) is 0 Å². The summed E-state index contributed by atoms with van der Waals surface area (Å²) in [4.78, 5) is 14.6. The maximum absolute atomic E-state index is 12.3. The van der Waals surface area contributed by atoms with Crippen molar-refractivity contribution in [1.29, 1.82) is 0 Å². The van der Waals surface area contributed by atoms with Gasteiger partial charge < -0.3 is 9.73 Å². The quantitative estimate of drug-likeness (QED) is 0.821. The average molecular weight is 383 g/mol. The van der Waals surface area contributed by atoms with Crippen molar-refractivity contribution in [3.05, 3.63) is 41.6 Å². The fraction of sp³-hybridized carbons (Fsp3) is 0.231. The van der Waals surface area contributed by atoms with Gasteiger partial charge in [0, 0.05) is 16.4 Å². The Hall–Kier alpha value is -2.07. The van der Waals surface area contributed by atoms with Gasteiger partial charge in [-0.3, -0.25) is 4.79 Å². The molecule has 1 aromatic heterocycles. The van der Waals surface area contributed by atoms with Crippen LogP contribution in [0.3, 0.4) is 0 Å². The van der Waals surface area contributed by atoms with E-state index in [-0.39, 0.29) is 28.5 Å². The Bertz CT molecular complexity index is 878. The number of rotatable bonds is 4. The van der Waals surface area contributed by atoms with Gasteiger partial charge in [-0.15, -0.1) is 0 Å². The summed E-state index contributed by atoms with van der Waals surface area (Å²) in [5.74, 6) is -1.56. The number of carbonyl (C=O) groups excluding carboxylic acids is 1. The van der Waals surface area contributed by atoms with E-state index in [1.807, 2.05) is 0 Å². The number of aryl methyl sites for hydroxylation is 1. The third-order valence-electron chi connectivity index (χ3n) is 2.85. The molecule has 0 radical (unpaired) electrons. The molecular weight excluding hydrogens is 373 g/mol. The van der Waals surface area contributed by atoms with Crippen molar-refractivity contribution >= 4 is 31.3 Å². The van der Waals surface area contributed by atoms with Gasteiger partial charge in [-0.2, -0.15) is 13.2 Å². The molecule has 0 fully saturated rings. The molecule has 6 nitrogen and oxygen atoms in total. The molecule has 0 bridgehead atoms. The molecule has 1 heterocycles. The third kappa shape index (κ3) is 4.48. The van der Waals surface area contributed by atoms with Crippen LogP contribution in [0.4, 0.5) is 18.9 Å². The normalized spacial score (nSPS) is 12.2. The second-order valence-corrected chi connectivity index (χ2v) is 7.29. The smallest absolute Gasteiger partial charge is 0.446 e. The van der Waals surface area contributed by atoms with E-state index in [2.05, 4.69) is 4.98 Å². The lowest BCUT2D eigenvalue weighted by Crippen LogP contribution is -2.30. The lowest BCUT2D eigenvalue weighted by molar-refractivity contribution is -0.167. The highest BCUT2D eigenvalue weighted by Gasteiger charge is 2.38. The van der Waals surface area contributed by atoms with Gasteiger partial charge in [-0.25, -0.2) is 13.4 Å². The van der Waals surface area contributed by atoms with Crippen LogP contribution in [-0.4, -0.2) is 25.5 Å². The number of amides is 1. The summed E-state index contributed by atoms with van der Waals surface area (Å²) < 4.78 is 65.3. The first-order chi connectivity index (χ1) is 11.0. The number of oxazole rings is 1. The van der Waals surface area contributed by atoms with Gasteiger partial charge >= 0.3 is 12.1 Å². The predicted molar refractivity (Wildman–Crippen MR) is 78.2 cm³/mol. The van der Waals surface area contributed by atoms with E-state index in [0.717, 1.165) is 18.2 Å². The Labute approximate surface area is 139 Å². The van der Waals surface area contributed by atoms with Crippen molar-refractivity contribution < 1.29 is 30.8 Å². The van der Waals surface area contributed by atoms with E-state index in [9.17, 15) is 26.4 Å². The fourth-order valence-corrected chi connectivity index (χ4v) is 3.01. The van der Waals surface area contributed by atoms with Crippen LogP contribution in [0.2, 0.25) is 0 Å². The number of halogens is 4. The summed E-state index contributed by atoms with van der Waals surface area (Å²) in [7, 11) is 1.17. The number of anilines is 1. The van der Waals surface area contributed by atoms with Gasteiger partial charge in [0.05, 0.1) is 17.5 Å². The van der Waals surface area contributed by atoms with Crippen molar-refractivity contribution in [1.82, 2.24) is 4.98 Å². The molecule has 1 aromatic carbocycles. The topological polar surface area (TPSA) is 89.3 Å². The van der Waals surface area contributed by atoms with Gasteiger partial charge in [0.1, 0.15) is 5.76 Å². The summed E-state index contributed by atoms with van der Waals surface area (Å²) in [5, 5.41) is 1.64. The standard InChI is InChI=1S/C13H10ClF3N2O4S/c1-7-6-18-11(23-7)5-8-4-9(19-12(20)13(15,16)17)2-3-10(8)24(14,21)22/h2-4,6H,5H2,1H3,(H,19,20). The zero-order valence-electron chi connectivity index (χ0n) is 12.0. The molecule has 0 aliphatic carbocycles. The first kappa shape index (κ1) is 18.3. The molecular formula is C13H10ClF3N2O4S. The van der Waals surface area contributed by atoms with Crippen molar-refractivity contribution in [2.45, 2.75) is 24.4 Å². The molecule has 11 heteroatoms. The number of carbonyl (C=O) groups is 1. The molecule has 0 aliphatic rings. The molecule has 0 aliphatic heterocycles. The number of hydrogen-bond donors (Lipinski definition) is 1. The van der Waals surface area contributed by atoms with Gasteiger partial charge in [-0.05, 0) is 30.7 Å². The first-order valence-electron chi connectivity index (χ1n) is 6.34. The van der Waals surface area contributed by atoms with Gasteiger partial charge in [0.25, 0.3) is 9.05 Å². The minimum absolute atomic E-state index is 0.0341. The van der Waals surface area contributed by atoms with Crippen LogP contribution in [0.5, 0.6) is 0 Å². The summed E-state index contributed by atoms with van der Waals surface area (Å²) in [5.41, 5.74) is -0.202. The average Bonchev–Trinajstić information content (AvgIpc) is 2.82. The molecule has 0 atom stereocenters. The second-order valence-electron chi connectivity index (χ2n) is 4.75. The van der Waals surface area contributed by atoms with Gasteiger partial charge in [0.15, 0.2) is 5.89 Å². The lowest BCUT2D eigenvalue weighted by atomic mass is 10.1. The summed E-state index contributed by atoms with van der Waals surface area (Å²) in [6.45, 7) is 1.62. The molecule has 0 spiro atoms. The monoisotopic (exact) mass is 382 g/mol. The third-order valence-corrected chi connectivity index (χ3v) is 4.27. The predicted octanol–water partition coefficient (Wildman–Crippen LogP) is 3.00. The summed E-state index contributed by atoms with van der Waals surface area (Å²) in [6, 6.07) is 3.07. The van der Waals surface area contributed by atoms with E-state index in [1.54, 1.807) is 12.2 Å². The molecule has 1 amide bonds. The number of hydrogen-bond acceptors (Lipinski definition) is 5. The van der Waals surface area contributed by atoms with Crippen molar-refractivity contribution in [3.63, 3.8) is 0 Å². The van der Waals surface area contributed by atoms with Crippen LogP contribution >= 0.6 is 10.7 Å². The zero-order chi connectivity index (χ0) is 18.1. The number of nitrogens with one attached hydrogen (secondary N) is 1. The molecule has 0 saturated heterocycles. The Morgan fingerprint density at radius 3 is 2.54 bits per heavy atom. The molecule has 1 N–H and O–H groups in total. The number of aromatic nitrogens is 1. The highest BCUT2D eigenvalue weighted by molar-refractivity contribution is 8.13. The zero-order valence-corrected chi connectivity index (χ0v) is 13.6. The van der Waals surface area contributed by atoms with Crippen LogP contribution in [-0.2, 0) is 20.3 Å². The minimum Gasteiger partial charge on any atom is -0.446 e. The summed E-state index contributed by atoms with van der Waals surface area (Å²) in [6.07, 6.45) is -3.80. The maximum atomic E-state index is 12.3. The summed E-state index contributed by atoms with van der Waals surface area (Å²) >= 11 is 0. The Morgan fingerprint density at radius 1 is 1.38 bits per heavy atom. The fourth-order valence-electron chi connectivity index (χ4n) is 1.88. The SMILES string of the molecule is Cc1cnc(Cc2cc(NC(=O)C(F)(F)F)ccc2S(=O)(=O)Cl)o1. The van der Waals surface area contributed by atoms with E-state index >= 15 is 0 Å². The van der Waals surface area contributed by atoms with E-state index in [0.29, 0.717) is 5.76 Å². The number of alkyl halides is 3. The number of nitrogens with zero attached hydrogens (tertiary/aromatic N) is 1. The second kappa shape index (κ2) is 6.44. The molecule has 130 valence electrons. The van der Waals surface area contributed by atoms with Crippen LogP contribution in [0.25, 0.3) is 0 Å². The van der Waals surface area contributed by atoms with E-state index < -0.39 is 21.1 Å². The first-order valence-corrected chi connectivity index (χ1v) is 8.65. The highest BCUT2D eigenvalue weighted by Crippen LogP contribution is 2.27.